The fourth-order valence-corrected chi connectivity index (χ4v) is 8.25. The van der Waals surface area contributed by atoms with Crippen LogP contribution in [0, 0.1) is 20.8 Å². The number of benzene rings is 8. The largest absolute Gasteiger partial charge is 0.480 e. The van der Waals surface area contributed by atoms with Gasteiger partial charge in [0.15, 0.2) is 11.5 Å². The Morgan fingerprint density at radius 2 is 0.848 bits per heavy atom. The Hall–Kier alpha value is -8.55. The molecule has 0 aliphatic rings. The monoisotopic (exact) mass is 861 g/mol. The van der Waals surface area contributed by atoms with E-state index in [0.717, 1.165) is 84.2 Å². The van der Waals surface area contributed by atoms with Crippen molar-refractivity contribution < 1.29 is 18.7 Å². The lowest BCUT2D eigenvalue weighted by Gasteiger charge is -2.12. The van der Waals surface area contributed by atoms with Crippen LogP contribution < -0.4 is 5.32 Å². The number of nitrogens with one attached hydrogen (secondary N) is 1. The molecule has 10 rings (SSSR count). The van der Waals surface area contributed by atoms with Crippen LogP contribution in [0.3, 0.4) is 0 Å². The number of oxazole rings is 2. The standard InChI is InChI=1S/C30H24N2O3.C29H23NO/c1-20-10-8-17-25(27(20)23-15-9-16-24(18-23)31-19-26(33)34)30-32-28(21-11-4-2-5-12-21)29(35-30)22-13-6-3-7-14-22;1-20-11-9-17-24(19-20)26-21(2)12-10-18-25(26)29-30-27(22-13-5-3-6-14-22)28(31-29)23-15-7-4-8-16-23/h2-18,31H,19H2,1H3,(H,33,34);3-19H,1-2H3. The van der Waals surface area contributed by atoms with Gasteiger partial charge in [0.1, 0.15) is 17.9 Å². The number of aliphatic carboxylic acids is 1. The summed E-state index contributed by atoms with van der Waals surface area (Å²) in [4.78, 5) is 21.0. The summed E-state index contributed by atoms with van der Waals surface area (Å²) >= 11 is 0. The lowest BCUT2D eigenvalue weighted by atomic mass is 9.94. The van der Waals surface area contributed by atoms with Gasteiger partial charge in [-0.1, -0.05) is 188 Å². The van der Waals surface area contributed by atoms with Crippen molar-refractivity contribution >= 4 is 11.7 Å². The van der Waals surface area contributed by atoms with Gasteiger partial charge in [0, 0.05) is 39.1 Å². The van der Waals surface area contributed by atoms with Crippen LogP contribution in [-0.4, -0.2) is 27.6 Å². The number of aryl methyl sites for hydroxylation is 3. The number of carboxylic acids is 1. The van der Waals surface area contributed by atoms with Gasteiger partial charge in [0.2, 0.25) is 11.8 Å². The molecule has 0 fully saturated rings. The second-order valence-corrected chi connectivity index (χ2v) is 16.1. The van der Waals surface area contributed by atoms with Crippen LogP contribution in [0.5, 0.6) is 0 Å². The molecule has 2 heterocycles. The van der Waals surface area contributed by atoms with Crippen molar-refractivity contribution in [3.63, 3.8) is 0 Å². The molecule has 0 saturated carbocycles. The first kappa shape index (κ1) is 42.7. The third kappa shape index (κ3) is 9.37. The molecule has 0 radical (unpaired) electrons. The second kappa shape index (κ2) is 19.5. The Labute approximate surface area is 384 Å². The van der Waals surface area contributed by atoms with E-state index in [1.54, 1.807) is 0 Å². The van der Waals surface area contributed by atoms with Crippen molar-refractivity contribution in [1.82, 2.24) is 9.97 Å². The van der Waals surface area contributed by atoms with Gasteiger partial charge in [-0.05, 0) is 78.4 Å². The summed E-state index contributed by atoms with van der Waals surface area (Å²) in [5.74, 6) is 1.77. The molecule has 10 aromatic rings. The van der Waals surface area contributed by atoms with Crippen molar-refractivity contribution in [1.29, 1.82) is 0 Å². The normalized spacial score (nSPS) is 10.8. The van der Waals surface area contributed by atoms with E-state index in [4.69, 9.17) is 23.9 Å². The summed E-state index contributed by atoms with van der Waals surface area (Å²) in [7, 11) is 0. The highest BCUT2D eigenvalue weighted by Crippen LogP contribution is 2.42. The van der Waals surface area contributed by atoms with E-state index < -0.39 is 5.97 Å². The average Bonchev–Trinajstić information content (AvgIpc) is 4.01. The Kier molecular flexibility index (Phi) is 12.6. The molecule has 0 aliphatic heterocycles. The molecule has 0 atom stereocenters. The molecule has 2 N–H and O–H groups in total. The van der Waals surface area contributed by atoms with Crippen molar-refractivity contribution in [3.8, 4) is 90.3 Å². The van der Waals surface area contributed by atoms with E-state index in [1.807, 2.05) is 133 Å². The lowest BCUT2D eigenvalue weighted by molar-refractivity contribution is -0.134. The summed E-state index contributed by atoms with van der Waals surface area (Å²) in [5.41, 5.74) is 16.0. The fraction of sp³-hybridized carbons (Fsp3) is 0.0678. The van der Waals surface area contributed by atoms with Gasteiger partial charge in [-0.2, -0.15) is 0 Å². The van der Waals surface area contributed by atoms with Gasteiger partial charge < -0.3 is 19.3 Å². The summed E-state index contributed by atoms with van der Waals surface area (Å²) in [5, 5.41) is 12.0. The molecule has 8 aromatic carbocycles. The van der Waals surface area contributed by atoms with E-state index >= 15 is 0 Å². The van der Waals surface area contributed by atoms with Gasteiger partial charge in [0.25, 0.3) is 0 Å². The zero-order valence-corrected chi connectivity index (χ0v) is 36.9. The number of carboxylic acid groups (broad SMARTS) is 1. The average molecular weight is 862 g/mol. The molecule has 0 bridgehead atoms. The zero-order chi connectivity index (χ0) is 45.4. The molecular formula is C59H47N3O4. The Balaban J connectivity index is 0.000000167. The minimum absolute atomic E-state index is 0.148. The number of hydrogen-bond acceptors (Lipinski definition) is 6. The number of aromatic nitrogens is 2. The molecule has 0 saturated heterocycles. The fourth-order valence-electron chi connectivity index (χ4n) is 8.25. The number of carbonyl (C=O) groups is 1. The van der Waals surface area contributed by atoms with Crippen LogP contribution in [0.1, 0.15) is 16.7 Å². The zero-order valence-electron chi connectivity index (χ0n) is 36.9. The first-order valence-corrected chi connectivity index (χ1v) is 21.9. The van der Waals surface area contributed by atoms with E-state index in [9.17, 15) is 4.79 Å². The van der Waals surface area contributed by atoms with E-state index in [0.29, 0.717) is 11.8 Å². The Bertz CT molecular complexity index is 3140. The van der Waals surface area contributed by atoms with Gasteiger partial charge >= 0.3 is 5.97 Å². The van der Waals surface area contributed by atoms with Crippen molar-refractivity contribution in [2.75, 3.05) is 11.9 Å². The summed E-state index contributed by atoms with van der Waals surface area (Å²) in [6.45, 7) is 6.16. The Morgan fingerprint density at radius 1 is 0.455 bits per heavy atom. The van der Waals surface area contributed by atoms with Crippen molar-refractivity contribution in [2.45, 2.75) is 20.8 Å². The summed E-state index contributed by atoms with van der Waals surface area (Å²) in [6.07, 6.45) is 0. The summed E-state index contributed by atoms with van der Waals surface area (Å²) < 4.78 is 12.9. The van der Waals surface area contributed by atoms with E-state index in [2.05, 4.69) is 98.9 Å². The minimum atomic E-state index is -0.909. The molecule has 0 aliphatic carbocycles. The van der Waals surface area contributed by atoms with Crippen LogP contribution in [0.15, 0.2) is 215 Å². The molecule has 0 spiro atoms. The van der Waals surface area contributed by atoms with Crippen LogP contribution in [0.2, 0.25) is 0 Å². The number of hydrogen-bond donors (Lipinski definition) is 2. The maximum absolute atomic E-state index is 11.0. The topological polar surface area (TPSA) is 101 Å². The molecular weight excluding hydrogens is 815 g/mol. The number of anilines is 1. The van der Waals surface area contributed by atoms with E-state index in [1.165, 1.54) is 16.7 Å². The van der Waals surface area contributed by atoms with Crippen LogP contribution in [0.4, 0.5) is 5.69 Å². The molecule has 322 valence electrons. The molecule has 0 amide bonds. The second-order valence-electron chi connectivity index (χ2n) is 16.1. The predicted molar refractivity (Wildman–Crippen MR) is 267 cm³/mol. The smallest absolute Gasteiger partial charge is 0.322 e. The quantitative estimate of drug-likeness (QED) is 0.134. The molecule has 2 aromatic heterocycles. The first-order chi connectivity index (χ1) is 32.3. The predicted octanol–water partition coefficient (Wildman–Crippen LogP) is 15.1. The highest BCUT2D eigenvalue weighted by atomic mass is 16.4. The highest BCUT2D eigenvalue weighted by molar-refractivity contribution is 5.88. The van der Waals surface area contributed by atoms with Gasteiger partial charge in [-0.3, -0.25) is 4.79 Å². The van der Waals surface area contributed by atoms with E-state index in [-0.39, 0.29) is 6.54 Å². The first-order valence-electron chi connectivity index (χ1n) is 21.9. The van der Waals surface area contributed by atoms with Gasteiger partial charge in [0.05, 0.1) is 0 Å². The van der Waals surface area contributed by atoms with Crippen molar-refractivity contribution in [3.05, 3.63) is 223 Å². The molecule has 7 nitrogen and oxygen atoms in total. The lowest BCUT2D eigenvalue weighted by Crippen LogP contribution is -2.12. The van der Waals surface area contributed by atoms with Crippen LogP contribution >= 0.6 is 0 Å². The third-order valence-electron chi connectivity index (χ3n) is 11.3. The molecule has 7 heteroatoms. The van der Waals surface area contributed by atoms with Crippen LogP contribution in [0.25, 0.3) is 90.3 Å². The van der Waals surface area contributed by atoms with Crippen molar-refractivity contribution in [2.24, 2.45) is 0 Å². The maximum Gasteiger partial charge on any atom is 0.322 e. The molecule has 66 heavy (non-hydrogen) atoms. The van der Waals surface area contributed by atoms with Gasteiger partial charge in [-0.15, -0.1) is 0 Å². The van der Waals surface area contributed by atoms with Crippen LogP contribution in [-0.2, 0) is 4.79 Å². The Morgan fingerprint density at radius 3 is 1.29 bits per heavy atom. The number of nitrogens with zero attached hydrogens (tertiary/aromatic N) is 2. The maximum atomic E-state index is 11.0. The SMILES string of the molecule is Cc1cccc(-c2c(C)cccc2-c2nc(-c3ccccc3)c(-c3ccccc3)o2)c1.Cc1cccc(-c2nc(-c3ccccc3)c(-c3ccccc3)o2)c1-c1cccc(NCC(=O)O)c1. The highest BCUT2D eigenvalue weighted by Gasteiger charge is 2.23. The number of rotatable bonds is 11. The molecule has 0 unspecified atom stereocenters. The third-order valence-corrected chi connectivity index (χ3v) is 11.3. The minimum Gasteiger partial charge on any atom is -0.480 e. The summed E-state index contributed by atoms with van der Waals surface area (Å²) in [6, 6.07) is 69.1. The van der Waals surface area contributed by atoms with Gasteiger partial charge in [-0.25, -0.2) is 9.97 Å².